The topological polar surface area (TPSA) is 101 Å². The van der Waals surface area contributed by atoms with Crippen molar-refractivity contribution in [3.8, 4) is 11.3 Å². The van der Waals surface area contributed by atoms with Gasteiger partial charge in [0.25, 0.3) is 5.56 Å². The van der Waals surface area contributed by atoms with Crippen molar-refractivity contribution in [2.45, 2.75) is 52.0 Å². The fraction of sp³-hybridized carbons (Fsp3) is 0.346. The molecule has 3 aromatic rings. The van der Waals surface area contributed by atoms with Gasteiger partial charge in [0, 0.05) is 30.4 Å². The number of hydrogen-bond donors (Lipinski definition) is 1. The minimum atomic E-state index is -3.68. The van der Waals surface area contributed by atoms with E-state index in [0.717, 1.165) is 5.56 Å². The highest BCUT2D eigenvalue weighted by atomic mass is 32.2. The lowest BCUT2D eigenvalue weighted by Gasteiger charge is -2.20. The molecule has 2 aromatic carbocycles. The molecule has 0 saturated carbocycles. The molecule has 0 aliphatic heterocycles. The molecule has 35 heavy (non-hydrogen) atoms. The maximum absolute atomic E-state index is 13.2. The highest BCUT2D eigenvalue weighted by molar-refractivity contribution is 7.89. The summed E-state index contributed by atoms with van der Waals surface area (Å²) in [5, 5.41) is 7.32. The van der Waals surface area contributed by atoms with E-state index in [-0.39, 0.29) is 10.8 Å². The second-order valence-corrected chi connectivity index (χ2v) is 10.3. The van der Waals surface area contributed by atoms with Gasteiger partial charge in [-0.1, -0.05) is 45.0 Å². The van der Waals surface area contributed by atoms with Crippen LogP contribution >= 0.6 is 0 Å². The van der Waals surface area contributed by atoms with Crippen LogP contribution in [0.1, 0.15) is 44.4 Å². The van der Waals surface area contributed by atoms with Crippen LogP contribution in [0.4, 0.5) is 5.69 Å². The van der Waals surface area contributed by atoms with Gasteiger partial charge in [-0.25, -0.2) is 13.1 Å². The van der Waals surface area contributed by atoms with Crippen molar-refractivity contribution in [2.75, 3.05) is 18.4 Å². The van der Waals surface area contributed by atoms with Gasteiger partial charge in [0.2, 0.25) is 15.9 Å². The third-order valence-corrected chi connectivity index (χ3v) is 8.09. The molecule has 0 bridgehead atoms. The maximum atomic E-state index is 13.2. The van der Waals surface area contributed by atoms with Gasteiger partial charge in [-0.2, -0.15) is 9.40 Å². The second-order valence-electron chi connectivity index (χ2n) is 8.35. The Labute approximate surface area is 206 Å². The third-order valence-electron chi connectivity index (χ3n) is 5.90. The number of aromatic nitrogens is 2. The van der Waals surface area contributed by atoms with Gasteiger partial charge in [0.1, 0.15) is 6.04 Å². The van der Waals surface area contributed by atoms with E-state index in [4.69, 9.17) is 0 Å². The first-order chi connectivity index (χ1) is 16.6. The van der Waals surface area contributed by atoms with Crippen molar-refractivity contribution >= 4 is 21.6 Å². The zero-order valence-corrected chi connectivity index (χ0v) is 21.6. The number of nitrogens with one attached hydrogen (secondary N) is 1. The Bertz CT molecular complexity index is 1380. The third kappa shape index (κ3) is 5.68. The monoisotopic (exact) mass is 496 g/mol. The molecule has 1 aromatic heterocycles. The van der Waals surface area contributed by atoms with Gasteiger partial charge in [0.05, 0.1) is 10.6 Å². The molecule has 0 aliphatic carbocycles. The molecule has 0 unspecified atom stereocenters. The van der Waals surface area contributed by atoms with E-state index in [0.29, 0.717) is 42.0 Å². The van der Waals surface area contributed by atoms with Gasteiger partial charge in [-0.15, -0.1) is 0 Å². The molecule has 1 amide bonds. The van der Waals surface area contributed by atoms with Gasteiger partial charge >= 0.3 is 0 Å². The molecule has 3 rings (SSSR count). The number of rotatable bonds is 9. The summed E-state index contributed by atoms with van der Waals surface area (Å²) in [5.74, 6) is -0.349. The molecular formula is C26H32N4O4S. The normalized spacial score (nSPS) is 12.5. The van der Waals surface area contributed by atoms with Crippen LogP contribution in [0.2, 0.25) is 0 Å². The summed E-state index contributed by atoms with van der Waals surface area (Å²) in [6.07, 6.45) is 0.351. The first-order valence-corrected chi connectivity index (χ1v) is 13.1. The predicted octanol–water partition coefficient (Wildman–Crippen LogP) is 4.15. The molecule has 1 heterocycles. The van der Waals surface area contributed by atoms with Crippen LogP contribution in [0.15, 0.2) is 64.3 Å². The first-order valence-electron chi connectivity index (χ1n) is 11.7. The number of benzene rings is 2. The SMILES string of the molecule is CC[C@H](C(=O)Nc1cccc(C)c1)n1nc(-c2ccc(C)c(S(=O)(=O)N(CC)CC)c2)ccc1=O. The van der Waals surface area contributed by atoms with E-state index in [2.05, 4.69) is 10.4 Å². The number of nitrogens with zero attached hydrogens (tertiary/aromatic N) is 3. The molecule has 9 heteroatoms. The van der Waals surface area contributed by atoms with E-state index >= 15 is 0 Å². The summed E-state index contributed by atoms with van der Waals surface area (Å²) >= 11 is 0. The number of amides is 1. The van der Waals surface area contributed by atoms with Crippen molar-refractivity contribution in [2.24, 2.45) is 0 Å². The lowest BCUT2D eigenvalue weighted by atomic mass is 10.1. The summed E-state index contributed by atoms with van der Waals surface area (Å²) in [6, 6.07) is 14.5. The smallest absolute Gasteiger partial charge is 0.267 e. The number of aryl methyl sites for hydroxylation is 2. The Morgan fingerprint density at radius 2 is 1.74 bits per heavy atom. The molecule has 0 aliphatic rings. The Morgan fingerprint density at radius 1 is 1.03 bits per heavy atom. The molecule has 0 fully saturated rings. The molecule has 1 N–H and O–H groups in total. The molecule has 8 nitrogen and oxygen atoms in total. The minimum Gasteiger partial charge on any atom is -0.324 e. The standard InChI is InChI=1S/C26H32N4O4S/c1-6-23(26(32)27-21-11-9-10-18(4)16-21)30-25(31)15-14-22(28-30)20-13-12-19(5)24(17-20)35(33,34)29(7-2)8-3/h9-17,23H,6-8H2,1-5H3,(H,27,32)/t23-/m1/s1. The van der Waals surface area contributed by atoms with E-state index in [1.807, 2.05) is 32.0 Å². The van der Waals surface area contributed by atoms with E-state index in [9.17, 15) is 18.0 Å². The largest absolute Gasteiger partial charge is 0.324 e. The van der Waals surface area contributed by atoms with Crippen LogP contribution in [-0.2, 0) is 14.8 Å². The van der Waals surface area contributed by atoms with Crippen molar-refractivity contribution in [1.29, 1.82) is 0 Å². The van der Waals surface area contributed by atoms with Crippen molar-refractivity contribution in [3.63, 3.8) is 0 Å². The fourth-order valence-corrected chi connectivity index (χ4v) is 5.67. The number of sulfonamides is 1. The quantitative estimate of drug-likeness (QED) is 0.480. The van der Waals surface area contributed by atoms with E-state index in [1.54, 1.807) is 51.1 Å². The number of carbonyl (C=O) groups excluding carboxylic acids is 1. The van der Waals surface area contributed by atoms with Crippen molar-refractivity contribution in [3.05, 3.63) is 76.1 Å². The Hall–Kier alpha value is -3.30. The summed E-state index contributed by atoms with van der Waals surface area (Å²) in [7, 11) is -3.68. The van der Waals surface area contributed by atoms with Crippen LogP contribution in [0, 0.1) is 13.8 Å². The van der Waals surface area contributed by atoms with E-state index < -0.39 is 21.6 Å². The lowest BCUT2D eigenvalue weighted by Crippen LogP contribution is -2.34. The number of carbonyl (C=O) groups is 1. The molecule has 186 valence electrons. The van der Waals surface area contributed by atoms with Crippen molar-refractivity contribution < 1.29 is 13.2 Å². The Kier molecular flexibility index (Phi) is 8.24. The number of hydrogen-bond acceptors (Lipinski definition) is 5. The zero-order valence-electron chi connectivity index (χ0n) is 20.8. The summed E-state index contributed by atoms with van der Waals surface area (Å²) < 4.78 is 28.9. The summed E-state index contributed by atoms with van der Waals surface area (Å²) in [4.78, 5) is 25.9. The van der Waals surface area contributed by atoms with Crippen LogP contribution < -0.4 is 10.9 Å². The number of anilines is 1. The average molecular weight is 497 g/mol. The van der Waals surface area contributed by atoms with Gasteiger partial charge in [0.15, 0.2) is 0 Å². The Morgan fingerprint density at radius 3 is 2.37 bits per heavy atom. The van der Waals surface area contributed by atoms with Gasteiger partial charge in [-0.05, 0) is 55.7 Å². The fourth-order valence-electron chi connectivity index (χ4n) is 3.96. The summed E-state index contributed by atoms with van der Waals surface area (Å²) in [6.45, 7) is 9.80. The highest BCUT2D eigenvalue weighted by Crippen LogP contribution is 2.26. The second kappa shape index (κ2) is 11.0. The molecule has 0 spiro atoms. The molecule has 1 atom stereocenters. The van der Waals surface area contributed by atoms with E-state index in [1.165, 1.54) is 15.1 Å². The molecular weight excluding hydrogens is 464 g/mol. The maximum Gasteiger partial charge on any atom is 0.267 e. The molecule has 0 saturated heterocycles. The summed E-state index contributed by atoms with van der Waals surface area (Å²) in [5.41, 5.74) is 2.80. The van der Waals surface area contributed by atoms with Crippen LogP contribution in [0.3, 0.4) is 0 Å². The van der Waals surface area contributed by atoms with Crippen molar-refractivity contribution in [1.82, 2.24) is 14.1 Å². The van der Waals surface area contributed by atoms with Gasteiger partial charge in [-0.3, -0.25) is 9.59 Å². The molecule has 0 radical (unpaired) electrons. The average Bonchev–Trinajstić information content (AvgIpc) is 2.81. The Balaban J connectivity index is 2.01. The zero-order chi connectivity index (χ0) is 25.8. The minimum absolute atomic E-state index is 0.197. The first kappa shape index (κ1) is 26.3. The van der Waals surface area contributed by atoms with Gasteiger partial charge < -0.3 is 5.32 Å². The van der Waals surface area contributed by atoms with Crippen LogP contribution in [-0.4, -0.2) is 41.5 Å². The predicted molar refractivity (Wildman–Crippen MR) is 138 cm³/mol. The lowest BCUT2D eigenvalue weighted by molar-refractivity contribution is -0.119. The van der Waals surface area contributed by atoms with Crippen LogP contribution in [0.25, 0.3) is 11.3 Å². The van der Waals surface area contributed by atoms with Crippen LogP contribution in [0.5, 0.6) is 0 Å². The highest BCUT2D eigenvalue weighted by Gasteiger charge is 2.25.